The van der Waals surface area contributed by atoms with Crippen molar-refractivity contribution < 1.29 is 23.1 Å². The second kappa shape index (κ2) is 7.63. The van der Waals surface area contributed by atoms with E-state index in [0.29, 0.717) is 22.9 Å². The van der Waals surface area contributed by atoms with Crippen LogP contribution in [0.5, 0.6) is 0 Å². The Balaban J connectivity index is 2.01. The lowest BCUT2D eigenvalue weighted by atomic mass is 9.91. The summed E-state index contributed by atoms with van der Waals surface area (Å²) in [5.74, 6) is -1.10. The number of benzene rings is 3. The van der Waals surface area contributed by atoms with Gasteiger partial charge in [-0.25, -0.2) is 4.79 Å². The summed E-state index contributed by atoms with van der Waals surface area (Å²) in [6, 6.07) is 19.7. The van der Waals surface area contributed by atoms with Crippen LogP contribution < -0.4 is 0 Å². The number of para-hydroxylation sites is 1. The first-order valence-corrected chi connectivity index (χ1v) is 9.20. The number of alkyl halides is 3. The molecular weight excluding hydrogens is 391 g/mol. The molecule has 3 aromatic carbocycles. The highest BCUT2D eigenvalue weighted by Crippen LogP contribution is 2.39. The number of hydrogen-bond acceptors (Lipinski definition) is 2. The summed E-state index contributed by atoms with van der Waals surface area (Å²) in [5, 5.41) is 9.70. The number of hydrogen-bond donors (Lipinski definition) is 1. The fourth-order valence-corrected chi connectivity index (χ4v) is 3.59. The molecule has 0 amide bonds. The van der Waals surface area contributed by atoms with Crippen LogP contribution in [0.25, 0.3) is 22.0 Å². The number of carboxylic acid groups (broad SMARTS) is 1. The van der Waals surface area contributed by atoms with Crippen LogP contribution in [0.3, 0.4) is 0 Å². The average Bonchev–Trinajstić information content (AvgIpc) is 2.73. The minimum Gasteiger partial charge on any atom is -0.478 e. The molecule has 0 aliphatic rings. The average molecular weight is 407 g/mol. The summed E-state index contributed by atoms with van der Waals surface area (Å²) in [4.78, 5) is 15.6. The largest absolute Gasteiger partial charge is 0.478 e. The van der Waals surface area contributed by atoms with E-state index in [2.05, 4.69) is 4.98 Å². The summed E-state index contributed by atoms with van der Waals surface area (Å²) < 4.78 is 40.7. The minimum absolute atomic E-state index is 0.0649. The van der Waals surface area contributed by atoms with E-state index >= 15 is 0 Å². The van der Waals surface area contributed by atoms with Crippen LogP contribution in [0.1, 0.15) is 27.0 Å². The summed E-state index contributed by atoms with van der Waals surface area (Å²) in [6.07, 6.45) is -2.65. The molecule has 0 spiro atoms. The Morgan fingerprint density at radius 1 is 0.933 bits per heavy atom. The fourth-order valence-electron chi connectivity index (χ4n) is 3.59. The molecule has 6 heteroatoms. The number of fused-ring (bicyclic) bond motifs is 1. The maximum absolute atomic E-state index is 13.6. The van der Waals surface area contributed by atoms with E-state index in [1.807, 2.05) is 30.3 Å². The van der Waals surface area contributed by atoms with E-state index in [-0.39, 0.29) is 11.1 Å². The molecule has 1 aromatic heterocycles. The molecular formula is C24H16F3NO2. The van der Waals surface area contributed by atoms with Crippen LogP contribution in [-0.2, 0) is 12.6 Å². The molecule has 0 atom stereocenters. The van der Waals surface area contributed by atoms with Crippen molar-refractivity contribution in [3.05, 3.63) is 101 Å². The zero-order valence-electron chi connectivity index (χ0n) is 15.6. The zero-order valence-corrected chi connectivity index (χ0v) is 15.6. The van der Waals surface area contributed by atoms with E-state index in [9.17, 15) is 23.1 Å². The van der Waals surface area contributed by atoms with E-state index < -0.39 is 17.7 Å². The fraction of sp³-hybridized carbons (Fsp3) is 0.0833. The Morgan fingerprint density at radius 3 is 2.37 bits per heavy atom. The lowest BCUT2D eigenvalue weighted by Gasteiger charge is -2.16. The third-order valence-corrected chi connectivity index (χ3v) is 4.92. The minimum atomic E-state index is -4.55. The van der Waals surface area contributed by atoms with Crippen LogP contribution in [0.2, 0.25) is 0 Å². The maximum Gasteiger partial charge on any atom is 0.418 e. The number of nitrogens with zero attached hydrogens (tertiary/aromatic N) is 1. The Morgan fingerprint density at radius 2 is 1.67 bits per heavy atom. The van der Waals surface area contributed by atoms with Gasteiger partial charge in [0.15, 0.2) is 0 Å². The van der Waals surface area contributed by atoms with Gasteiger partial charge in [-0.1, -0.05) is 54.6 Å². The van der Waals surface area contributed by atoms with Gasteiger partial charge >= 0.3 is 12.1 Å². The van der Waals surface area contributed by atoms with Crippen LogP contribution >= 0.6 is 0 Å². The highest BCUT2D eigenvalue weighted by molar-refractivity contribution is 5.99. The van der Waals surface area contributed by atoms with Crippen molar-refractivity contribution in [2.24, 2.45) is 0 Å². The first kappa shape index (κ1) is 19.6. The van der Waals surface area contributed by atoms with E-state index in [4.69, 9.17) is 0 Å². The Hall–Kier alpha value is -3.67. The number of aromatic carboxylic acids is 1. The first-order valence-electron chi connectivity index (χ1n) is 9.20. The van der Waals surface area contributed by atoms with Crippen LogP contribution in [0, 0.1) is 0 Å². The van der Waals surface area contributed by atoms with Gasteiger partial charge in [-0.15, -0.1) is 0 Å². The highest BCUT2D eigenvalue weighted by atomic mass is 19.4. The van der Waals surface area contributed by atoms with Gasteiger partial charge in [-0.3, -0.25) is 4.98 Å². The smallest absolute Gasteiger partial charge is 0.418 e. The summed E-state index contributed by atoms with van der Waals surface area (Å²) in [7, 11) is 0. The molecule has 4 aromatic rings. The molecule has 1 heterocycles. The van der Waals surface area contributed by atoms with Crippen LogP contribution in [-0.4, -0.2) is 16.1 Å². The van der Waals surface area contributed by atoms with Gasteiger partial charge in [0.05, 0.1) is 16.6 Å². The van der Waals surface area contributed by atoms with Gasteiger partial charge in [0, 0.05) is 11.6 Å². The van der Waals surface area contributed by atoms with Crippen molar-refractivity contribution >= 4 is 16.9 Å². The molecule has 0 saturated carbocycles. The van der Waals surface area contributed by atoms with Gasteiger partial charge in [0.1, 0.15) is 0 Å². The zero-order chi connectivity index (χ0) is 21.3. The predicted molar refractivity (Wildman–Crippen MR) is 108 cm³/mol. The third kappa shape index (κ3) is 3.76. The molecule has 30 heavy (non-hydrogen) atoms. The van der Waals surface area contributed by atoms with Crippen molar-refractivity contribution in [2.45, 2.75) is 12.6 Å². The van der Waals surface area contributed by atoms with Gasteiger partial charge in [0.2, 0.25) is 0 Å². The second-order valence-electron chi connectivity index (χ2n) is 6.91. The molecule has 0 bridgehead atoms. The standard InChI is InChI=1S/C24H16F3NO2/c25-24(26,27)20-11-5-10-19-21(16-8-4-9-17(13-16)23(29)30)18(14-28-22(19)20)12-15-6-2-1-3-7-15/h1-11,13-14H,12H2,(H,29,30). The van der Waals surface area contributed by atoms with Crippen LogP contribution in [0.4, 0.5) is 13.2 Å². The lowest BCUT2D eigenvalue weighted by Crippen LogP contribution is -2.07. The van der Waals surface area contributed by atoms with Gasteiger partial charge < -0.3 is 5.11 Å². The molecule has 0 aliphatic heterocycles. The topological polar surface area (TPSA) is 50.2 Å². The first-order chi connectivity index (χ1) is 14.3. The van der Waals surface area contributed by atoms with Gasteiger partial charge in [0.25, 0.3) is 0 Å². The quantitative estimate of drug-likeness (QED) is 0.438. The second-order valence-corrected chi connectivity index (χ2v) is 6.91. The Labute approximate surface area is 170 Å². The summed E-state index contributed by atoms with van der Waals surface area (Å²) in [5.41, 5.74) is 1.87. The maximum atomic E-state index is 13.6. The molecule has 1 N–H and O–H groups in total. The third-order valence-electron chi connectivity index (χ3n) is 4.92. The van der Waals surface area contributed by atoms with Crippen molar-refractivity contribution in [2.75, 3.05) is 0 Å². The van der Waals surface area contributed by atoms with Crippen LogP contribution in [0.15, 0.2) is 79.0 Å². The van der Waals surface area contributed by atoms with Gasteiger partial charge in [-0.2, -0.15) is 13.2 Å². The number of aromatic nitrogens is 1. The number of halogens is 3. The molecule has 0 saturated heterocycles. The van der Waals surface area contributed by atoms with E-state index in [1.54, 1.807) is 18.2 Å². The van der Waals surface area contributed by atoms with Crippen molar-refractivity contribution in [1.29, 1.82) is 0 Å². The normalized spacial score (nSPS) is 11.6. The molecule has 3 nitrogen and oxygen atoms in total. The van der Waals surface area contributed by atoms with E-state index in [1.165, 1.54) is 24.4 Å². The predicted octanol–water partition coefficient (Wildman–Crippen LogP) is 6.21. The van der Waals surface area contributed by atoms with Crippen molar-refractivity contribution in [3.8, 4) is 11.1 Å². The molecule has 0 unspecified atom stereocenters. The number of carboxylic acids is 1. The molecule has 0 radical (unpaired) electrons. The molecule has 0 fully saturated rings. The summed E-state index contributed by atoms with van der Waals surface area (Å²) in [6.45, 7) is 0. The number of pyridine rings is 1. The Kier molecular flexibility index (Phi) is 4.99. The number of rotatable bonds is 4. The number of carbonyl (C=O) groups is 1. The monoisotopic (exact) mass is 407 g/mol. The molecule has 150 valence electrons. The van der Waals surface area contributed by atoms with Crippen molar-refractivity contribution in [3.63, 3.8) is 0 Å². The highest BCUT2D eigenvalue weighted by Gasteiger charge is 2.33. The van der Waals surface area contributed by atoms with Crippen molar-refractivity contribution in [1.82, 2.24) is 4.98 Å². The Bertz CT molecular complexity index is 1230. The SMILES string of the molecule is O=C(O)c1cccc(-c2c(Cc3ccccc3)cnc3c(C(F)(F)F)cccc23)c1. The van der Waals surface area contributed by atoms with E-state index in [0.717, 1.165) is 17.2 Å². The summed E-state index contributed by atoms with van der Waals surface area (Å²) >= 11 is 0. The van der Waals surface area contributed by atoms with Gasteiger partial charge in [-0.05, 0) is 46.9 Å². The molecule has 0 aliphatic carbocycles. The lowest BCUT2D eigenvalue weighted by molar-refractivity contribution is -0.136. The molecule has 4 rings (SSSR count).